The van der Waals surface area contributed by atoms with Crippen molar-refractivity contribution in [2.75, 3.05) is 0 Å². The van der Waals surface area contributed by atoms with Crippen molar-refractivity contribution >= 4 is 17.6 Å². The van der Waals surface area contributed by atoms with E-state index in [9.17, 15) is 4.79 Å². The number of carbonyl (C=O) groups is 1. The summed E-state index contributed by atoms with van der Waals surface area (Å²) in [5, 5.41) is 0. The van der Waals surface area contributed by atoms with Crippen molar-refractivity contribution in [1.29, 1.82) is 0 Å². The zero-order valence-corrected chi connectivity index (χ0v) is 8.54. The summed E-state index contributed by atoms with van der Waals surface area (Å²) >= 11 is 1.63. The van der Waals surface area contributed by atoms with Gasteiger partial charge in [-0.15, -0.1) is 11.3 Å². The second-order valence-corrected chi connectivity index (χ2v) is 4.06. The molecular weight excluding hydrogens is 194 g/mol. The maximum atomic E-state index is 10.5. The van der Waals surface area contributed by atoms with Crippen molar-refractivity contribution in [3.63, 3.8) is 0 Å². The molecule has 0 saturated carbocycles. The number of aromatic nitrogens is 1. The van der Waals surface area contributed by atoms with E-state index in [1.165, 1.54) is 4.88 Å². The lowest BCUT2D eigenvalue weighted by atomic mass is 10.1. The highest BCUT2D eigenvalue weighted by molar-refractivity contribution is 7.10. The summed E-state index contributed by atoms with van der Waals surface area (Å²) in [6.07, 6.45) is 0.845. The molecule has 0 radical (unpaired) electrons. The summed E-state index contributed by atoms with van der Waals surface area (Å²) in [6.45, 7) is 2.04. The molecule has 14 heavy (non-hydrogen) atoms. The maximum absolute atomic E-state index is 10.5. The van der Waals surface area contributed by atoms with Gasteiger partial charge in [-0.2, -0.15) is 0 Å². The molecule has 0 aliphatic carbocycles. The van der Waals surface area contributed by atoms with Gasteiger partial charge in [0.2, 0.25) is 0 Å². The Morgan fingerprint density at radius 1 is 1.29 bits per heavy atom. The number of carbonyl (C=O) groups excluding carboxylic acids is 1. The van der Waals surface area contributed by atoms with Gasteiger partial charge in [0.15, 0.2) is 0 Å². The van der Waals surface area contributed by atoms with Crippen LogP contribution in [0.3, 0.4) is 0 Å². The number of benzene rings is 1. The second-order valence-electron chi connectivity index (χ2n) is 3.00. The quantitative estimate of drug-likeness (QED) is 0.702. The van der Waals surface area contributed by atoms with E-state index in [0.717, 1.165) is 17.5 Å². The Balaban J connectivity index is 2.43. The van der Waals surface area contributed by atoms with Gasteiger partial charge in [0.25, 0.3) is 0 Å². The Hall–Kier alpha value is -1.48. The standard InChI is InChI=1S/C11H9NOS/c1-8-11(12-7-14-8)10-4-2-9(6-13)3-5-10/h2-7H,1H3. The lowest BCUT2D eigenvalue weighted by molar-refractivity contribution is 0.112. The third kappa shape index (κ3) is 1.59. The molecule has 1 heterocycles. The third-order valence-corrected chi connectivity index (χ3v) is 2.82. The highest BCUT2D eigenvalue weighted by Gasteiger charge is 2.03. The van der Waals surface area contributed by atoms with Gasteiger partial charge < -0.3 is 0 Å². The minimum Gasteiger partial charge on any atom is -0.298 e. The molecule has 70 valence electrons. The molecule has 0 aliphatic rings. The molecule has 0 N–H and O–H groups in total. The van der Waals surface area contributed by atoms with Crippen LogP contribution in [0.4, 0.5) is 0 Å². The van der Waals surface area contributed by atoms with Crippen LogP contribution in [-0.2, 0) is 0 Å². The normalized spacial score (nSPS) is 10.1. The zero-order chi connectivity index (χ0) is 9.97. The van der Waals surface area contributed by atoms with Crippen molar-refractivity contribution in [2.45, 2.75) is 6.92 Å². The number of hydrogen-bond acceptors (Lipinski definition) is 3. The van der Waals surface area contributed by atoms with Crippen molar-refractivity contribution in [3.05, 3.63) is 40.2 Å². The first kappa shape index (κ1) is 9.09. The number of thiazole rings is 1. The van der Waals surface area contributed by atoms with Crippen LogP contribution in [0, 0.1) is 6.92 Å². The molecule has 0 atom stereocenters. The zero-order valence-electron chi connectivity index (χ0n) is 7.73. The average molecular weight is 203 g/mol. The third-order valence-electron chi connectivity index (χ3n) is 2.06. The monoisotopic (exact) mass is 203 g/mol. The summed E-state index contributed by atoms with van der Waals surface area (Å²) in [5.74, 6) is 0. The van der Waals surface area contributed by atoms with Crippen LogP contribution < -0.4 is 0 Å². The Labute approximate surface area is 86.2 Å². The maximum Gasteiger partial charge on any atom is 0.150 e. The van der Waals surface area contributed by atoms with Gasteiger partial charge in [0.1, 0.15) is 6.29 Å². The Kier molecular flexibility index (Phi) is 2.41. The SMILES string of the molecule is Cc1scnc1-c1ccc(C=O)cc1. The van der Waals surface area contributed by atoms with E-state index < -0.39 is 0 Å². The highest BCUT2D eigenvalue weighted by Crippen LogP contribution is 2.24. The van der Waals surface area contributed by atoms with E-state index in [2.05, 4.69) is 4.98 Å². The van der Waals surface area contributed by atoms with E-state index in [1.807, 2.05) is 24.6 Å². The molecule has 1 aromatic heterocycles. The van der Waals surface area contributed by atoms with Crippen LogP contribution in [0.5, 0.6) is 0 Å². The molecule has 0 unspecified atom stereocenters. The number of aryl methyl sites for hydroxylation is 1. The Bertz CT molecular complexity index is 445. The van der Waals surface area contributed by atoms with Crippen LogP contribution in [0.2, 0.25) is 0 Å². The summed E-state index contributed by atoms with van der Waals surface area (Å²) < 4.78 is 0. The van der Waals surface area contributed by atoms with Crippen molar-refractivity contribution in [1.82, 2.24) is 4.98 Å². The lowest BCUT2D eigenvalue weighted by Crippen LogP contribution is -1.82. The van der Waals surface area contributed by atoms with E-state index >= 15 is 0 Å². The largest absolute Gasteiger partial charge is 0.298 e. The van der Waals surface area contributed by atoms with Crippen molar-refractivity contribution in [2.24, 2.45) is 0 Å². The molecule has 0 spiro atoms. The smallest absolute Gasteiger partial charge is 0.150 e. The molecule has 0 amide bonds. The van der Waals surface area contributed by atoms with Gasteiger partial charge in [-0.25, -0.2) is 4.98 Å². The van der Waals surface area contributed by atoms with Crippen LogP contribution in [0.1, 0.15) is 15.2 Å². The fourth-order valence-electron chi connectivity index (χ4n) is 1.30. The number of hydrogen-bond donors (Lipinski definition) is 0. The molecular formula is C11H9NOS. The Morgan fingerprint density at radius 3 is 2.50 bits per heavy atom. The van der Waals surface area contributed by atoms with Crippen molar-refractivity contribution in [3.8, 4) is 11.3 Å². The fourth-order valence-corrected chi connectivity index (χ4v) is 1.90. The molecule has 0 saturated heterocycles. The van der Waals surface area contributed by atoms with Gasteiger partial charge in [-0.1, -0.05) is 24.3 Å². The fraction of sp³-hybridized carbons (Fsp3) is 0.0909. The molecule has 1 aromatic carbocycles. The summed E-state index contributed by atoms with van der Waals surface area (Å²) in [7, 11) is 0. The molecule has 0 fully saturated rings. The lowest BCUT2D eigenvalue weighted by Gasteiger charge is -1.98. The number of nitrogens with zero attached hydrogens (tertiary/aromatic N) is 1. The minimum absolute atomic E-state index is 0.696. The van der Waals surface area contributed by atoms with E-state index in [0.29, 0.717) is 5.56 Å². The number of aldehydes is 1. The van der Waals surface area contributed by atoms with Crippen molar-refractivity contribution < 1.29 is 4.79 Å². The minimum atomic E-state index is 0.696. The molecule has 2 nitrogen and oxygen atoms in total. The van der Waals surface area contributed by atoms with Crippen LogP contribution in [0.25, 0.3) is 11.3 Å². The summed E-state index contributed by atoms with van der Waals surface area (Å²) in [5.41, 5.74) is 4.60. The van der Waals surface area contributed by atoms with Gasteiger partial charge in [-0.05, 0) is 6.92 Å². The predicted octanol–water partition coefficient (Wildman–Crippen LogP) is 2.93. The first-order valence-corrected chi connectivity index (χ1v) is 5.15. The molecule has 0 bridgehead atoms. The highest BCUT2D eigenvalue weighted by atomic mass is 32.1. The molecule has 2 aromatic rings. The first-order chi connectivity index (χ1) is 6.81. The van der Waals surface area contributed by atoms with Crippen LogP contribution in [-0.4, -0.2) is 11.3 Å². The molecule has 2 rings (SSSR count). The average Bonchev–Trinajstić information content (AvgIpc) is 2.65. The predicted molar refractivity (Wildman–Crippen MR) is 57.7 cm³/mol. The van der Waals surface area contributed by atoms with Gasteiger partial charge in [0.05, 0.1) is 11.2 Å². The van der Waals surface area contributed by atoms with Crippen LogP contribution in [0.15, 0.2) is 29.8 Å². The second kappa shape index (κ2) is 3.72. The molecule has 3 heteroatoms. The topological polar surface area (TPSA) is 30.0 Å². The summed E-state index contributed by atoms with van der Waals surface area (Å²) in [6, 6.07) is 7.46. The van der Waals surface area contributed by atoms with Gasteiger partial charge >= 0.3 is 0 Å². The van der Waals surface area contributed by atoms with Gasteiger partial charge in [-0.3, -0.25) is 4.79 Å². The van der Waals surface area contributed by atoms with E-state index in [1.54, 1.807) is 23.5 Å². The first-order valence-electron chi connectivity index (χ1n) is 4.27. The van der Waals surface area contributed by atoms with E-state index in [-0.39, 0.29) is 0 Å². The Morgan fingerprint density at radius 2 is 2.00 bits per heavy atom. The molecule has 0 aliphatic heterocycles. The van der Waals surface area contributed by atoms with Crippen LogP contribution >= 0.6 is 11.3 Å². The summed E-state index contributed by atoms with van der Waals surface area (Å²) in [4.78, 5) is 15.9. The van der Waals surface area contributed by atoms with Gasteiger partial charge in [0, 0.05) is 16.0 Å². The van der Waals surface area contributed by atoms with E-state index in [4.69, 9.17) is 0 Å². The number of rotatable bonds is 2.